The zero-order valence-electron chi connectivity index (χ0n) is 13.4. The third-order valence-electron chi connectivity index (χ3n) is 3.48. The van der Waals surface area contributed by atoms with Crippen molar-refractivity contribution in [1.29, 1.82) is 0 Å². The first-order valence-corrected chi connectivity index (χ1v) is 7.86. The van der Waals surface area contributed by atoms with Crippen molar-refractivity contribution in [3.63, 3.8) is 0 Å². The first kappa shape index (κ1) is 17.3. The van der Waals surface area contributed by atoms with Crippen LogP contribution in [0.2, 0.25) is 5.02 Å². The van der Waals surface area contributed by atoms with Crippen LogP contribution in [-0.2, 0) is 11.3 Å². The lowest BCUT2D eigenvalue weighted by Crippen LogP contribution is -2.21. The van der Waals surface area contributed by atoms with Crippen LogP contribution in [0.15, 0.2) is 42.5 Å². The summed E-state index contributed by atoms with van der Waals surface area (Å²) in [4.78, 5) is 11.9. The largest absolute Gasteiger partial charge is 0.497 e. The normalized spacial score (nSPS) is 10.4. The molecule has 0 atom stereocenters. The van der Waals surface area contributed by atoms with Crippen LogP contribution in [0.4, 0.5) is 5.69 Å². The molecule has 2 rings (SSSR count). The summed E-state index contributed by atoms with van der Waals surface area (Å²) in [5.74, 6) is 0.823. The quantitative estimate of drug-likeness (QED) is 0.759. The number of amides is 1. The highest BCUT2D eigenvalue weighted by Crippen LogP contribution is 2.19. The van der Waals surface area contributed by atoms with E-state index < -0.39 is 0 Å². The summed E-state index contributed by atoms with van der Waals surface area (Å²) in [5.41, 5.74) is 2.91. The van der Waals surface area contributed by atoms with Crippen molar-refractivity contribution in [2.24, 2.45) is 0 Å². The zero-order chi connectivity index (χ0) is 16.7. The van der Waals surface area contributed by atoms with Gasteiger partial charge in [0.15, 0.2) is 0 Å². The lowest BCUT2D eigenvalue weighted by atomic mass is 10.2. The summed E-state index contributed by atoms with van der Waals surface area (Å²) in [6.07, 6.45) is 0.415. The monoisotopic (exact) mass is 332 g/mol. The second-order valence-corrected chi connectivity index (χ2v) is 5.72. The highest BCUT2D eigenvalue weighted by molar-refractivity contribution is 6.30. The van der Waals surface area contributed by atoms with E-state index in [1.165, 1.54) is 0 Å². The lowest BCUT2D eigenvalue weighted by Gasteiger charge is -2.09. The first-order valence-electron chi connectivity index (χ1n) is 7.48. The number of benzene rings is 2. The number of halogens is 1. The molecule has 0 fully saturated rings. The van der Waals surface area contributed by atoms with E-state index in [0.717, 1.165) is 29.1 Å². The van der Waals surface area contributed by atoms with Gasteiger partial charge in [0.25, 0.3) is 0 Å². The fourth-order valence-electron chi connectivity index (χ4n) is 2.16. The number of carbonyl (C=O) groups is 1. The molecule has 0 aliphatic heterocycles. The number of aryl methyl sites for hydroxylation is 1. The second-order valence-electron chi connectivity index (χ2n) is 5.28. The van der Waals surface area contributed by atoms with E-state index in [-0.39, 0.29) is 5.91 Å². The standard InChI is InChI=1S/C18H21ClN2O2/c1-13-11-15(19)5-8-17(13)21-18(22)9-10-20-12-14-3-6-16(23-2)7-4-14/h3-8,11,20H,9-10,12H2,1-2H3,(H,21,22). The summed E-state index contributed by atoms with van der Waals surface area (Å²) < 4.78 is 5.12. The van der Waals surface area contributed by atoms with Crippen molar-refractivity contribution in [3.8, 4) is 5.75 Å². The van der Waals surface area contributed by atoms with E-state index in [9.17, 15) is 4.79 Å². The second kappa shape index (κ2) is 8.56. The van der Waals surface area contributed by atoms with Gasteiger partial charge in [-0.15, -0.1) is 0 Å². The minimum atomic E-state index is -0.0161. The van der Waals surface area contributed by atoms with Crippen LogP contribution in [-0.4, -0.2) is 19.6 Å². The fourth-order valence-corrected chi connectivity index (χ4v) is 2.38. The van der Waals surface area contributed by atoms with Crippen LogP contribution >= 0.6 is 11.6 Å². The number of methoxy groups -OCH3 is 1. The topological polar surface area (TPSA) is 50.4 Å². The van der Waals surface area contributed by atoms with E-state index in [2.05, 4.69) is 10.6 Å². The molecule has 1 amide bonds. The van der Waals surface area contributed by atoms with Gasteiger partial charge in [-0.3, -0.25) is 4.79 Å². The van der Waals surface area contributed by atoms with Gasteiger partial charge >= 0.3 is 0 Å². The Balaban J connectivity index is 1.72. The summed E-state index contributed by atoms with van der Waals surface area (Å²) in [7, 11) is 1.65. The molecule has 5 heteroatoms. The Bertz CT molecular complexity index is 657. The van der Waals surface area contributed by atoms with Crippen molar-refractivity contribution in [2.75, 3.05) is 19.0 Å². The van der Waals surface area contributed by atoms with Gasteiger partial charge in [0.1, 0.15) is 5.75 Å². The summed E-state index contributed by atoms with van der Waals surface area (Å²) in [6.45, 7) is 3.26. The Morgan fingerprint density at radius 1 is 1.17 bits per heavy atom. The number of ether oxygens (including phenoxy) is 1. The predicted molar refractivity (Wildman–Crippen MR) is 94.1 cm³/mol. The van der Waals surface area contributed by atoms with Crippen LogP contribution in [0, 0.1) is 6.92 Å². The number of hydrogen-bond donors (Lipinski definition) is 2. The molecule has 0 saturated carbocycles. The number of carbonyl (C=O) groups excluding carboxylic acids is 1. The molecule has 0 aliphatic carbocycles. The van der Waals surface area contributed by atoms with Crippen molar-refractivity contribution >= 4 is 23.2 Å². The number of anilines is 1. The number of nitrogens with one attached hydrogen (secondary N) is 2. The van der Waals surface area contributed by atoms with Crippen LogP contribution in [0.3, 0.4) is 0 Å². The van der Waals surface area contributed by atoms with Gasteiger partial charge in [0, 0.05) is 30.2 Å². The molecule has 2 aromatic carbocycles. The molecule has 0 aromatic heterocycles. The molecule has 4 nitrogen and oxygen atoms in total. The van der Waals surface area contributed by atoms with E-state index in [0.29, 0.717) is 18.0 Å². The molecular formula is C18H21ClN2O2. The predicted octanol–water partition coefficient (Wildman–Crippen LogP) is 3.78. The third-order valence-corrected chi connectivity index (χ3v) is 3.71. The molecule has 0 bridgehead atoms. The number of hydrogen-bond acceptors (Lipinski definition) is 3. The molecule has 23 heavy (non-hydrogen) atoms. The SMILES string of the molecule is COc1ccc(CNCCC(=O)Nc2ccc(Cl)cc2C)cc1. The maximum atomic E-state index is 11.9. The molecule has 2 N–H and O–H groups in total. The molecule has 122 valence electrons. The average molecular weight is 333 g/mol. The molecule has 0 unspecified atom stereocenters. The Kier molecular flexibility index (Phi) is 6.44. The van der Waals surface area contributed by atoms with Crippen LogP contribution in [0.5, 0.6) is 5.75 Å². The minimum Gasteiger partial charge on any atom is -0.497 e. The smallest absolute Gasteiger partial charge is 0.225 e. The summed E-state index contributed by atoms with van der Waals surface area (Å²) in [5, 5.41) is 6.82. The van der Waals surface area contributed by atoms with Crippen molar-refractivity contribution in [1.82, 2.24) is 5.32 Å². The Labute approximate surface area is 141 Å². The fraction of sp³-hybridized carbons (Fsp3) is 0.278. The Morgan fingerprint density at radius 3 is 2.57 bits per heavy atom. The van der Waals surface area contributed by atoms with E-state index >= 15 is 0 Å². The summed E-state index contributed by atoms with van der Waals surface area (Å²) >= 11 is 5.90. The van der Waals surface area contributed by atoms with Gasteiger partial charge in [-0.1, -0.05) is 23.7 Å². The third kappa shape index (κ3) is 5.58. The van der Waals surface area contributed by atoms with Crippen LogP contribution < -0.4 is 15.4 Å². The van der Waals surface area contributed by atoms with Gasteiger partial charge in [-0.25, -0.2) is 0 Å². The molecule has 0 aliphatic rings. The number of rotatable bonds is 7. The van der Waals surface area contributed by atoms with Gasteiger partial charge in [0.05, 0.1) is 7.11 Å². The van der Waals surface area contributed by atoms with Gasteiger partial charge in [-0.2, -0.15) is 0 Å². The van der Waals surface area contributed by atoms with Crippen molar-refractivity contribution in [2.45, 2.75) is 19.9 Å². The van der Waals surface area contributed by atoms with E-state index in [4.69, 9.17) is 16.3 Å². The van der Waals surface area contributed by atoms with Crippen molar-refractivity contribution in [3.05, 3.63) is 58.6 Å². The van der Waals surface area contributed by atoms with Crippen LogP contribution in [0.25, 0.3) is 0 Å². The molecule has 0 saturated heterocycles. The van der Waals surface area contributed by atoms with Gasteiger partial charge < -0.3 is 15.4 Å². The van der Waals surface area contributed by atoms with Gasteiger partial charge in [0.2, 0.25) is 5.91 Å². The average Bonchev–Trinajstić information content (AvgIpc) is 2.55. The molecular weight excluding hydrogens is 312 g/mol. The summed E-state index contributed by atoms with van der Waals surface area (Å²) in [6, 6.07) is 13.3. The van der Waals surface area contributed by atoms with E-state index in [1.54, 1.807) is 13.2 Å². The minimum absolute atomic E-state index is 0.0161. The van der Waals surface area contributed by atoms with Crippen LogP contribution in [0.1, 0.15) is 17.5 Å². The molecule has 0 radical (unpaired) electrons. The maximum absolute atomic E-state index is 11.9. The zero-order valence-corrected chi connectivity index (χ0v) is 14.1. The lowest BCUT2D eigenvalue weighted by molar-refractivity contribution is -0.116. The Morgan fingerprint density at radius 2 is 1.91 bits per heavy atom. The molecule has 0 spiro atoms. The molecule has 2 aromatic rings. The van der Waals surface area contributed by atoms with Crippen molar-refractivity contribution < 1.29 is 9.53 Å². The Hall–Kier alpha value is -2.04. The van der Waals surface area contributed by atoms with Gasteiger partial charge in [-0.05, 0) is 48.4 Å². The highest BCUT2D eigenvalue weighted by atomic mass is 35.5. The first-order chi connectivity index (χ1) is 11.1. The highest BCUT2D eigenvalue weighted by Gasteiger charge is 2.05. The van der Waals surface area contributed by atoms with E-state index in [1.807, 2.05) is 43.3 Å². The molecule has 0 heterocycles. The maximum Gasteiger partial charge on any atom is 0.225 e.